The van der Waals surface area contributed by atoms with Gasteiger partial charge in [0.25, 0.3) is 5.91 Å². The minimum atomic E-state index is -0.448. The number of carbonyl (C=O) groups is 1. The van der Waals surface area contributed by atoms with Gasteiger partial charge in [-0.3, -0.25) is 4.79 Å². The van der Waals surface area contributed by atoms with Crippen LogP contribution in [0.4, 0.5) is 0 Å². The Balaban J connectivity index is 2.10. The molecule has 88 valence electrons. The second-order valence-electron chi connectivity index (χ2n) is 4.11. The molecule has 16 heavy (non-hydrogen) atoms. The number of aromatic nitrogens is 1. The fourth-order valence-corrected chi connectivity index (χ4v) is 2.69. The van der Waals surface area contributed by atoms with Gasteiger partial charge in [-0.25, -0.2) is 4.98 Å². The lowest BCUT2D eigenvalue weighted by molar-refractivity contribution is 0.0991. The van der Waals surface area contributed by atoms with E-state index in [1.54, 1.807) is 0 Å². The van der Waals surface area contributed by atoms with E-state index in [0.29, 0.717) is 10.8 Å². The van der Waals surface area contributed by atoms with Crippen LogP contribution in [-0.4, -0.2) is 17.0 Å². The fourth-order valence-electron chi connectivity index (χ4n) is 1.98. The molecule has 1 heterocycles. The predicted molar refractivity (Wildman–Crippen MR) is 62.9 cm³/mol. The van der Waals surface area contributed by atoms with E-state index in [2.05, 4.69) is 4.98 Å². The summed E-state index contributed by atoms with van der Waals surface area (Å²) in [6.45, 7) is 1.85. The highest BCUT2D eigenvalue weighted by Gasteiger charge is 2.21. The second-order valence-corrected chi connectivity index (χ2v) is 5.31. The van der Waals surface area contributed by atoms with E-state index in [1.807, 2.05) is 6.92 Å². The molecule has 4 nitrogen and oxygen atoms in total. The highest BCUT2D eigenvalue weighted by Crippen LogP contribution is 2.28. The van der Waals surface area contributed by atoms with Crippen molar-refractivity contribution in [2.75, 3.05) is 0 Å². The highest BCUT2D eigenvalue weighted by molar-refractivity contribution is 7.13. The molecule has 2 rings (SSSR count). The molecule has 0 radical (unpaired) electrons. The standard InChI is InChI=1S/C11H16N2O2S/c1-7-13-11(9(16-7)10(12)14)15-8-5-3-2-4-6-8/h8H,2-6H2,1H3,(H2,12,14). The van der Waals surface area contributed by atoms with Crippen molar-refractivity contribution in [3.63, 3.8) is 0 Å². The normalized spacial score (nSPS) is 17.3. The first-order chi connectivity index (χ1) is 7.66. The number of nitrogens with two attached hydrogens (primary N) is 1. The van der Waals surface area contributed by atoms with E-state index in [9.17, 15) is 4.79 Å². The quantitative estimate of drug-likeness (QED) is 0.881. The molecular formula is C11H16N2O2S. The molecule has 0 unspecified atom stereocenters. The average Bonchev–Trinajstić information content (AvgIpc) is 2.61. The third-order valence-corrected chi connectivity index (χ3v) is 3.72. The van der Waals surface area contributed by atoms with Crippen LogP contribution in [0.15, 0.2) is 0 Å². The van der Waals surface area contributed by atoms with E-state index in [1.165, 1.54) is 30.6 Å². The smallest absolute Gasteiger partial charge is 0.264 e. The lowest BCUT2D eigenvalue weighted by atomic mass is 9.98. The summed E-state index contributed by atoms with van der Waals surface area (Å²) < 4.78 is 5.77. The highest BCUT2D eigenvalue weighted by atomic mass is 32.1. The van der Waals surface area contributed by atoms with Crippen LogP contribution in [0.5, 0.6) is 5.88 Å². The third kappa shape index (κ3) is 2.52. The van der Waals surface area contributed by atoms with Crippen molar-refractivity contribution in [1.29, 1.82) is 0 Å². The maximum atomic E-state index is 11.2. The van der Waals surface area contributed by atoms with Crippen molar-refractivity contribution in [2.24, 2.45) is 5.73 Å². The van der Waals surface area contributed by atoms with E-state index in [0.717, 1.165) is 17.8 Å². The number of nitrogens with zero attached hydrogens (tertiary/aromatic N) is 1. The number of primary amides is 1. The molecule has 0 saturated heterocycles. The topological polar surface area (TPSA) is 65.2 Å². The number of rotatable bonds is 3. The van der Waals surface area contributed by atoms with Gasteiger partial charge in [0.05, 0.1) is 5.01 Å². The summed E-state index contributed by atoms with van der Waals surface area (Å²) in [5, 5.41) is 0.819. The Morgan fingerprint density at radius 1 is 1.44 bits per heavy atom. The molecular weight excluding hydrogens is 224 g/mol. The number of aryl methyl sites for hydroxylation is 1. The first-order valence-corrected chi connectivity index (χ1v) is 6.42. The van der Waals surface area contributed by atoms with Crippen molar-refractivity contribution in [1.82, 2.24) is 4.98 Å². The number of amides is 1. The van der Waals surface area contributed by atoms with Gasteiger partial charge in [0, 0.05) is 0 Å². The van der Waals surface area contributed by atoms with Crippen molar-refractivity contribution in [2.45, 2.75) is 45.1 Å². The molecule has 0 atom stereocenters. The maximum absolute atomic E-state index is 11.2. The SMILES string of the molecule is Cc1nc(OC2CCCCC2)c(C(N)=O)s1. The lowest BCUT2D eigenvalue weighted by Gasteiger charge is -2.21. The van der Waals surface area contributed by atoms with Gasteiger partial charge in [0.2, 0.25) is 5.88 Å². The molecule has 2 N–H and O–H groups in total. The Kier molecular flexibility index (Phi) is 3.43. The Morgan fingerprint density at radius 2 is 2.12 bits per heavy atom. The zero-order valence-corrected chi connectivity index (χ0v) is 10.2. The van der Waals surface area contributed by atoms with Gasteiger partial charge in [-0.2, -0.15) is 0 Å². The molecule has 0 spiro atoms. The number of thiazole rings is 1. The minimum Gasteiger partial charge on any atom is -0.473 e. The number of hydrogen-bond donors (Lipinski definition) is 1. The summed E-state index contributed by atoms with van der Waals surface area (Å²) in [5.41, 5.74) is 5.28. The first kappa shape index (κ1) is 11.4. The van der Waals surface area contributed by atoms with Crippen LogP contribution in [-0.2, 0) is 0 Å². The van der Waals surface area contributed by atoms with Crippen LogP contribution in [0.2, 0.25) is 0 Å². The van der Waals surface area contributed by atoms with Gasteiger partial charge in [-0.05, 0) is 32.6 Å². The summed E-state index contributed by atoms with van der Waals surface area (Å²) in [6.07, 6.45) is 5.97. The second kappa shape index (κ2) is 4.82. The zero-order chi connectivity index (χ0) is 11.5. The molecule has 1 aromatic heterocycles. The van der Waals surface area contributed by atoms with E-state index in [-0.39, 0.29) is 6.10 Å². The molecule has 1 amide bonds. The van der Waals surface area contributed by atoms with Crippen LogP contribution >= 0.6 is 11.3 Å². The van der Waals surface area contributed by atoms with Crippen LogP contribution in [0, 0.1) is 6.92 Å². The number of hydrogen-bond acceptors (Lipinski definition) is 4. The predicted octanol–water partition coefficient (Wildman–Crippen LogP) is 2.26. The van der Waals surface area contributed by atoms with E-state index in [4.69, 9.17) is 10.5 Å². The van der Waals surface area contributed by atoms with Crippen molar-refractivity contribution < 1.29 is 9.53 Å². The fraction of sp³-hybridized carbons (Fsp3) is 0.636. The average molecular weight is 240 g/mol. The van der Waals surface area contributed by atoms with Gasteiger partial charge >= 0.3 is 0 Å². The molecule has 0 bridgehead atoms. The minimum absolute atomic E-state index is 0.202. The van der Waals surface area contributed by atoms with Gasteiger partial charge in [0.15, 0.2) is 4.88 Å². The van der Waals surface area contributed by atoms with Crippen molar-refractivity contribution >= 4 is 17.2 Å². The Morgan fingerprint density at radius 3 is 2.75 bits per heavy atom. The van der Waals surface area contributed by atoms with Crippen LogP contribution < -0.4 is 10.5 Å². The monoisotopic (exact) mass is 240 g/mol. The van der Waals surface area contributed by atoms with Crippen LogP contribution in [0.1, 0.15) is 46.8 Å². The zero-order valence-electron chi connectivity index (χ0n) is 9.36. The van der Waals surface area contributed by atoms with Gasteiger partial charge in [-0.1, -0.05) is 6.42 Å². The van der Waals surface area contributed by atoms with Gasteiger partial charge in [-0.15, -0.1) is 11.3 Å². The van der Waals surface area contributed by atoms with E-state index < -0.39 is 5.91 Å². The van der Waals surface area contributed by atoms with Crippen molar-refractivity contribution in [3.8, 4) is 5.88 Å². The summed E-state index contributed by atoms with van der Waals surface area (Å²) in [7, 11) is 0. The molecule has 1 aliphatic rings. The largest absolute Gasteiger partial charge is 0.473 e. The summed E-state index contributed by atoms with van der Waals surface area (Å²) in [5.74, 6) is -0.0155. The molecule has 0 aliphatic heterocycles. The summed E-state index contributed by atoms with van der Waals surface area (Å²) in [4.78, 5) is 15.9. The summed E-state index contributed by atoms with van der Waals surface area (Å²) >= 11 is 1.30. The van der Waals surface area contributed by atoms with Crippen LogP contribution in [0.25, 0.3) is 0 Å². The molecule has 1 fully saturated rings. The third-order valence-electron chi connectivity index (χ3n) is 2.76. The van der Waals surface area contributed by atoms with Crippen molar-refractivity contribution in [3.05, 3.63) is 9.88 Å². The van der Waals surface area contributed by atoms with Crippen LogP contribution in [0.3, 0.4) is 0 Å². The van der Waals surface area contributed by atoms with E-state index >= 15 is 0 Å². The molecule has 5 heteroatoms. The summed E-state index contributed by atoms with van der Waals surface area (Å²) in [6, 6.07) is 0. The number of carbonyl (C=O) groups excluding carboxylic acids is 1. The first-order valence-electron chi connectivity index (χ1n) is 5.60. The maximum Gasteiger partial charge on any atom is 0.264 e. The Labute approximate surface area is 98.8 Å². The number of ether oxygens (including phenoxy) is 1. The molecule has 1 aromatic rings. The Bertz CT molecular complexity index is 383. The molecule has 1 aliphatic carbocycles. The Hall–Kier alpha value is -1.10. The lowest BCUT2D eigenvalue weighted by Crippen LogP contribution is -2.21. The molecule has 0 aromatic carbocycles. The molecule has 1 saturated carbocycles. The van der Waals surface area contributed by atoms with Gasteiger partial charge in [0.1, 0.15) is 6.10 Å². The van der Waals surface area contributed by atoms with Gasteiger partial charge < -0.3 is 10.5 Å².